The summed E-state index contributed by atoms with van der Waals surface area (Å²) in [5.74, 6) is -2.91. The lowest BCUT2D eigenvalue weighted by Gasteiger charge is -2.08. The van der Waals surface area contributed by atoms with Gasteiger partial charge in [0.05, 0.1) is 11.9 Å². The third kappa shape index (κ3) is 2.87. The molecule has 0 spiro atoms. The fraction of sp³-hybridized carbons (Fsp3) is 0.158. The summed E-state index contributed by atoms with van der Waals surface area (Å²) in [7, 11) is 0. The third-order valence-corrected chi connectivity index (χ3v) is 4.23. The first-order chi connectivity index (χ1) is 11.8. The Morgan fingerprint density at radius 2 is 1.76 bits per heavy atom. The number of phenols is 1. The molecule has 5 nitrogen and oxygen atoms in total. The fourth-order valence-electron chi connectivity index (χ4n) is 2.95. The number of nitrogens with zero attached hydrogens (tertiary/aromatic N) is 1. The summed E-state index contributed by atoms with van der Waals surface area (Å²) in [6.45, 7) is 3.51. The number of benzene rings is 2. The van der Waals surface area contributed by atoms with Crippen LogP contribution < -0.4 is 0 Å². The Morgan fingerprint density at radius 1 is 1.12 bits per heavy atom. The van der Waals surface area contributed by atoms with Crippen LogP contribution in [0.15, 0.2) is 36.4 Å². The minimum Gasteiger partial charge on any atom is -0.505 e. The molecular weight excluding hydrogens is 325 g/mol. The van der Waals surface area contributed by atoms with Crippen molar-refractivity contribution in [3.8, 4) is 5.75 Å². The van der Waals surface area contributed by atoms with Gasteiger partial charge in [0.2, 0.25) is 0 Å². The van der Waals surface area contributed by atoms with Crippen LogP contribution in [0.4, 0.5) is 4.39 Å². The Morgan fingerprint density at radius 3 is 2.36 bits per heavy atom. The van der Waals surface area contributed by atoms with Crippen molar-refractivity contribution in [2.45, 2.75) is 20.3 Å². The first-order valence-corrected chi connectivity index (χ1v) is 7.65. The summed E-state index contributed by atoms with van der Waals surface area (Å²) in [5.41, 5.74) is 2.41. The predicted molar refractivity (Wildman–Crippen MR) is 90.5 cm³/mol. The molecule has 0 bridgehead atoms. The average Bonchev–Trinajstić information content (AvgIpc) is 2.80. The average molecular weight is 341 g/mol. The van der Waals surface area contributed by atoms with Crippen molar-refractivity contribution < 1.29 is 24.2 Å². The Bertz CT molecular complexity index is 1000. The van der Waals surface area contributed by atoms with Gasteiger partial charge in [-0.3, -0.25) is 14.2 Å². The summed E-state index contributed by atoms with van der Waals surface area (Å²) in [5, 5.41) is 19.1. The number of carboxylic acids is 1. The number of hydrogen-bond acceptors (Lipinski definition) is 3. The minimum absolute atomic E-state index is 0.231. The Kier molecular flexibility index (Phi) is 4.04. The van der Waals surface area contributed by atoms with Crippen LogP contribution in [-0.2, 0) is 11.2 Å². The highest BCUT2D eigenvalue weighted by molar-refractivity contribution is 6.05. The summed E-state index contributed by atoms with van der Waals surface area (Å²) in [4.78, 5) is 24.1. The lowest BCUT2D eigenvalue weighted by molar-refractivity contribution is -0.136. The molecule has 1 aromatic heterocycles. The highest BCUT2D eigenvalue weighted by Crippen LogP contribution is 2.32. The van der Waals surface area contributed by atoms with Gasteiger partial charge in [0, 0.05) is 22.7 Å². The van der Waals surface area contributed by atoms with Gasteiger partial charge >= 0.3 is 5.97 Å². The maximum absolute atomic E-state index is 13.9. The number of aromatic nitrogens is 1. The highest BCUT2D eigenvalue weighted by Gasteiger charge is 2.22. The van der Waals surface area contributed by atoms with Crippen molar-refractivity contribution >= 4 is 22.8 Å². The topological polar surface area (TPSA) is 79.5 Å². The number of aliphatic carboxylic acids is 1. The third-order valence-electron chi connectivity index (χ3n) is 4.23. The van der Waals surface area contributed by atoms with E-state index in [0.717, 1.165) is 17.7 Å². The molecule has 0 fully saturated rings. The summed E-state index contributed by atoms with van der Waals surface area (Å²) in [6.07, 6.45) is -0.332. The molecule has 3 aromatic rings. The van der Waals surface area contributed by atoms with E-state index in [4.69, 9.17) is 5.11 Å². The van der Waals surface area contributed by atoms with Crippen LogP contribution in [0.3, 0.4) is 0 Å². The number of carbonyl (C=O) groups excluding carboxylic acids is 1. The smallest absolute Gasteiger partial charge is 0.307 e. The molecule has 2 N–H and O–H groups in total. The lowest BCUT2D eigenvalue weighted by Crippen LogP contribution is -2.14. The summed E-state index contributed by atoms with van der Waals surface area (Å²) < 4.78 is 15.2. The second-order valence-electron chi connectivity index (χ2n) is 5.96. The number of fused-ring (bicyclic) bond motifs is 1. The highest BCUT2D eigenvalue weighted by atomic mass is 19.1. The van der Waals surface area contributed by atoms with E-state index in [2.05, 4.69) is 0 Å². The fourth-order valence-corrected chi connectivity index (χ4v) is 2.95. The van der Waals surface area contributed by atoms with E-state index in [1.54, 1.807) is 31.2 Å². The van der Waals surface area contributed by atoms with Gasteiger partial charge in [0.25, 0.3) is 5.91 Å². The number of aromatic hydroxyl groups is 1. The second kappa shape index (κ2) is 6.05. The molecule has 0 unspecified atom stereocenters. The van der Waals surface area contributed by atoms with E-state index >= 15 is 0 Å². The van der Waals surface area contributed by atoms with Crippen LogP contribution >= 0.6 is 0 Å². The zero-order valence-corrected chi connectivity index (χ0v) is 13.7. The van der Waals surface area contributed by atoms with E-state index in [0.29, 0.717) is 22.2 Å². The Hall–Kier alpha value is -3.15. The van der Waals surface area contributed by atoms with E-state index in [1.807, 2.05) is 6.92 Å². The molecule has 6 heteroatoms. The van der Waals surface area contributed by atoms with E-state index in [-0.39, 0.29) is 17.8 Å². The lowest BCUT2D eigenvalue weighted by atomic mass is 10.1. The van der Waals surface area contributed by atoms with Gasteiger partial charge in [0.1, 0.15) is 0 Å². The van der Waals surface area contributed by atoms with Crippen molar-refractivity contribution in [1.82, 2.24) is 4.57 Å². The van der Waals surface area contributed by atoms with Crippen molar-refractivity contribution in [2.75, 3.05) is 0 Å². The minimum atomic E-state index is -1.08. The van der Waals surface area contributed by atoms with Gasteiger partial charge in [-0.05, 0) is 37.6 Å². The molecule has 1 heterocycles. The van der Waals surface area contributed by atoms with Crippen LogP contribution in [0.1, 0.15) is 27.2 Å². The SMILES string of the molecule is Cc1ccc(C(=O)n2c(C)c(CC(=O)O)c3cc(O)c(F)cc32)cc1. The van der Waals surface area contributed by atoms with Gasteiger partial charge in [-0.15, -0.1) is 0 Å². The maximum Gasteiger partial charge on any atom is 0.307 e. The largest absolute Gasteiger partial charge is 0.505 e. The first-order valence-electron chi connectivity index (χ1n) is 7.65. The number of rotatable bonds is 3. The van der Waals surface area contributed by atoms with Crippen LogP contribution in [0.5, 0.6) is 5.75 Å². The van der Waals surface area contributed by atoms with E-state index in [1.165, 1.54) is 4.57 Å². The van der Waals surface area contributed by atoms with Crippen molar-refractivity contribution in [3.05, 3.63) is 64.6 Å². The number of halogens is 1. The van der Waals surface area contributed by atoms with E-state index in [9.17, 15) is 19.1 Å². The van der Waals surface area contributed by atoms with E-state index < -0.39 is 17.5 Å². The number of hydrogen-bond donors (Lipinski definition) is 2. The van der Waals surface area contributed by atoms with Gasteiger partial charge in [-0.2, -0.15) is 0 Å². The van der Waals surface area contributed by atoms with Crippen molar-refractivity contribution in [3.63, 3.8) is 0 Å². The summed E-state index contributed by atoms with van der Waals surface area (Å²) in [6, 6.07) is 9.12. The molecule has 0 aliphatic heterocycles. The standard InChI is InChI=1S/C19H16FNO4/c1-10-3-5-12(6-4-10)19(25)21-11(2)13(8-18(23)24)14-7-17(22)15(20)9-16(14)21/h3-7,9,22H,8H2,1-2H3,(H,23,24). The molecule has 0 aliphatic carbocycles. The number of phenolic OH excluding ortho intramolecular Hbond substituents is 1. The molecule has 0 saturated carbocycles. The Balaban J connectivity index is 2.28. The zero-order valence-electron chi connectivity index (χ0n) is 13.7. The molecule has 0 amide bonds. The molecular formula is C19H16FNO4. The zero-order chi connectivity index (χ0) is 18.3. The number of aryl methyl sites for hydroxylation is 1. The second-order valence-corrected chi connectivity index (χ2v) is 5.96. The van der Waals surface area contributed by atoms with Crippen LogP contribution in [-0.4, -0.2) is 26.7 Å². The van der Waals surface area contributed by atoms with Crippen LogP contribution in [0, 0.1) is 19.7 Å². The molecule has 128 valence electrons. The van der Waals surface area contributed by atoms with Gasteiger partial charge in [-0.1, -0.05) is 17.7 Å². The van der Waals surface area contributed by atoms with Crippen LogP contribution in [0.2, 0.25) is 0 Å². The molecule has 2 aromatic carbocycles. The molecule has 3 rings (SSSR count). The monoisotopic (exact) mass is 341 g/mol. The molecule has 0 atom stereocenters. The number of carbonyl (C=O) groups is 2. The number of carboxylic acid groups (broad SMARTS) is 1. The molecule has 25 heavy (non-hydrogen) atoms. The van der Waals surface area contributed by atoms with Gasteiger partial charge in [-0.25, -0.2) is 4.39 Å². The van der Waals surface area contributed by atoms with Gasteiger partial charge in [0.15, 0.2) is 11.6 Å². The van der Waals surface area contributed by atoms with Crippen molar-refractivity contribution in [2.24, 2.45) is 0 Å². The van der Waals surface area contributed by atoms with Crippen LogP contribution in [0.25, 0.3) is 10.9 Å². The quantitative estimate of drug-likeness (QED) is 0.765. The maximum atomic E-state index is 13.9. The van der Waals surface area contributed by atoms with Gasteiger partial charge < -0.3 is 10.2 Å². The summed E-state index contributed by atoms with van der Waals surface area (Å²) >= 11 is 0. The molecule has 0 radical (unpaired) electrons. The molecule has 0 aliphatic rings. The van der Waals surface area contributed by atoms with Crippen molar-refractivity contribution in [1.29, 1.82) is 0 Å². The Labute approximate surface area is 142 Å². The molecule has 0 saturated heterocycles. The predicted octanol–water partition coefficient (Wildman–Crippen LogP) is 3.42. The first kappa shape index (κ1) is 16.7. The normalized spacial score (nSPS) is 11.0.